The molecule has 0 unspecified atom stereocenters. The highest BCUT2D eigenvalue weighted by molar-refractivity contribution is 5.59. The standard InChI is InChI=1S/C17H16N4O/c1-11-8-12(2)10-14(9-11)18-17-19-16(22)15(20-21-17)13-6-4-3-5-7-13/h3-10H,1-2H3,(H2,18,19,21,22). The summed E-state index contributed by atoms with van der Waals surface area (Å²) in [5, 5.41) is 11.2. The van der Waals surface area contributed by atoms with Gasteiger partial charge in [0, 0.05) is 11.3 Å². The zero-order chi connectivity index (χ0) is 15.5. The van der Waals surface area contributed by atoms with Crippen LogP contribution in [0.25, 0.3) is 11.3 Å². The van der Waals surface area contributed by atoms with Crippen molar-refractivity contribution in [1.82, 2.24) is 15.2 Å². The molecule has 0 fully saturated rings. The summed E-state index contributed by atoms with van der Waals surface area (Å²) in [7, 11) is 0. The average Bonchev–Trinajstić information content (AvgIpc) is 2.47. The maximum atomic E-state index is 12.2. The summed E-state index contributed by atoms with van der Waals surface area (Å²) in [5.41, 5.74) is 3.93. The van der Waals surface area contributed by atoms with Crippen molar-refractivity contribution in [2.75, 3.05) is 5.32 Å². The predicted octanol–water partition coefficient (Wildman–Crippen LogP) is 3.19. The zero-order valence-electron chi connectivity index (χ0n) is 12.4. The molecule has 0 spiro atoms. The highest BCUT2D eigenvalue weighted by Crippen LogP contribution is 2.17. The van der Waals surface area contributed by atoms with Gasteiger partial charge in [0.25, 0.3) is 5.56 Å². The second-order valence-electron chi connectivity index (χ2n) is 5.22. The molecule has 0 bridgehead atoms. The molecule has 0 saturated carbocycles. The summed E-state index contributed by atoms with van der Waals surface area (Å²) in [6, 6.07) is 15.3. The van der Waals surface area contributed by atoms with Crippen LogP contribution in [0.4, 0.5) is 11.6 Å². The minimum Gasteiger partial charge on any atom is -0.324 e. The van der Waals surface area contributed by atoms with Crippen molar-refractivity contribution in [1.29, 1.82) is 0 Å². The Morgan fingerprint density at radius 1 is 0.955 bits per heavy atom. The van der Waals surface area contributed by atoms with E-state index in [4.69, 9.17) is 0 Å². The largest absolute Gasteiger partial charge is 0.324 e. The van der Waals surface area contributed by atoms with E-state index in [-0.39, 0.29) is 5.56 Å². The Morgan fingerprint density at radius 3 is 2.27 bits per heavy atom. The fourth-order valence-corrected chi connectivity index (χ4v) is 2.36. The summed E-state index contributed by atoms with van der Waals surface area (Å²) < 4.78 is 0. The van der Waals surface area contributed by atoms with Gasteiger partial charge in [0.2, 0.25) is 5.95 Å². The van der Waals surface area contributed by atoms with Crippen LogP contribution in [-0.2, 0) is 0 Å². The van der Waals surface area contributed by atoms with Gasteiger partial charge >= 0.3 is 0 Å². The van der Waals surface area contributed by atoms with Crippen LogP contribution in [-0.4, -0.2) is 15.2 Å². The molecule has 0 amide bonds. The molecule has 0 radical (unpaired) electrons. The highest BCUT2D eigenvalue weighted by Gasteiger charge is 2.07. The number of nitrogens with zero attached hydrogens (tertiary/aromatic N) is 2. The summed E-state index contributed by atoms with van der Waals surface area (Å²) in [6.45, 7) is 4.04. The Morgan fingerprint density at radius 2 is 1.64 bits per heavy atom. The van der Waals surface area contributed by atoms with Gasteiger partial charge in [-0.15, -0.1) is 10.2 Å². The summed E-state index contributed by atoms with van der Waals surface area (Å²) >= 11 is 0. The van der Waals surface area contributed by atoms with Crippen LogP contribution in [0.15, 0.2) is 53.3 Å². The number of hydrogen-bond acceptors (Lipinski definition) is 4. The third kappa shape index (κ3) is 3.03. The Kier molecular flexibility index (Phi) is 3.70. The Bertz CT molecular complexity index is 836. The van der Waals surface area contributed by atoms with Crippen molar-refractivity contribution in [2.45, 2.75) is 13.8 Å². The molecular formula is C17H16N4O. The molecule has 1 heterocycles. The molecule has 0 saturated heterocycles. The molecule has 0 aliphatic rings. The second-order valence-corrected chi connectivity index (χ2v) is 5.22. The van der Waals surface area contributed by atoms with Gasteiger partial charge in [-0.1, -0.05) is 36.4 Å². The first-order valence-electron chi connectivity index (χ1n) is 6.99. The first-order valence-corrected chi connectivity index (χ1v) is 6.99. The molecule has 2 N–H and O–H groups in total. The van der Waals surface area contributed by atoms with E-state index in [1.54, 1.807) is 0 Å². The van der Waals surface area contributed by atoms with Gasteiger partial charge in [0.1, 0.15) is 0 Å². The lowest BCUT2D eigenvalue weighted by molar-refractivity contribution is 0.962. The molecule has 3 aromatic rings. The minimum atomic E-state index is -0.270. The number of anilines is 2. The van der Waals surface area contributed by atoms with Crippen LogP contribution in [0.5, 0.6) is 0 Å². The van der Waals surface area contributed by atoms with Crippen LogP contribution in [0.2, 0.25) is 0 Å². The van der Waals surface area contributed by atoms with E-state index >= 15 is 0 Å². The van der Waals surface area contributed by atoms with Crippen molar-refractivity contribution in [3.05, 3.63) is 70.0 Å². The van der Waals surface area contributed by atoms with Crippen molar-refractivity contribution in [3.63, 3.8) is 0 Å². The van der Waals surface area contributed by atoms with Gasteiger partial charge in [-0.3, -0.25) is 9.78 Å². The number of nitrogens with one attached hydrogen (secondary N) is 2. The van der Waals surface area contributed by atoms with E-state index in [2.05, 4.69) is 26.6 Å². The molecule has 110 valence electrons. The number of aryl methyl sites for hydroxylation is 2. The molecule has 5 heteroatoms. The quantitative estimate of drug-likeness (QED) is 0.777. The fraction of sp³-hybridized carbons (Fsp3) is 0.118. The molecule has 2 aromatic carbocycles. The first-order chi connectivity index (χ1) is 10.6. The summed E-state index contributed by atoms with van der Waals surface area (Å²) in [5.74, 6) is 0.328. The lowest BCUT2D eigenvalue weighted by atomic mass is 10.1. The lowest BCUT2D eigenvalue weighted by Crippen LogP contribution is -2.15. The van der Waals surface area contributed by atoms with Gasteiger partial charge in [-0.25, -0.2) is 0 Å². The molecule has 3 rings (SSSR count). The van der Waals surface area contributed by atoms with Crippen LogP contribution >= 0.6 is 0 Å². The third-order valence-electron chi connectivity index (χ3n) is 3.23. The number of aromatic nitrogens is 3. The summed E-state index contributed by atoms with van der Waals surface area (Å²) in [4.78, 5) is 14.9. The molecular weight excluding hydrogens is 276 g/mol. The fourth-order valence-electron chi connectivity index (χ4n) is 2.36. The number of rotatable bonds is 3. The molecule has 22 heavy (non-hydrogen) atoms. The third-order valence-corrected chi connectivity index (χ3v) is 3.23. The van der Waals surface area contributed by atoms with Crippen LogP contribution < -0.4 is 10.9 Å². The number of H-pyrrole nitrogens is 1. The predicted molar refractivity (Wildman–Crippen MR) is 87.3 cm³/mol. The highest BCUT2D eigenvalue weighted by atomic mass is 16.1. The monoisotopic (exact) mass is 292 g/mol. The van der Waals surface area contributed by atoms with Gasteiger partial charge in [0.05, 0.1) is 0 Å². The number of aromatic amines is 1. The minimum absolute atomic E-state index is 0.270. The molecule has 5 nitrogen and oxygen atoms in total. The molecule has 1 aromatic heterocycles. The maximum Gasteiger partial charge on any atom is 0.279 e. The second kappa shape index (κ2) is 5.81. The lowest BCUT2D eigenvalue weighted by Gasteiger charge is -2.07. The van der Waals surface area contributed by atoms with E-state index in [0.29, 0.717) is 11.6 Å². The van der Waals surface area contributed by atoms with Gasteiger partial charge in [-0.05, 0) is 37.1 Å². The maximum absolute atomic E-state index is 12.2. The van der Waals surface area contributed by atoms with Gasteiger partial charge < -0.3 is 5.32 Å². The Balaban J connectivity index is 1.91. The number of benzene rings is 2. The van der Waals surface area contributed by atoms with E-state index in [0.717, 1.165) is 22.4 Å². The zero-order valence-corrected chi connectivity index (χ0v) is 12.4. The molecule has 0 aliphatic carbocycles. The van der Waals surface area contributed by atoms with Crippen molar-refractivity contribution >= 4 is 11.6 Å². The van der Waals surface area contributed by atoms with Crippen LogP contribution in [0.3, 0.4) is 0 Å². The Labute approximate surface area is 128 Å². The smallest absolute Gasteiger partial charge is 0.279 e. The van der Waals surface area contributed by atoms with Gasteiger partial charge in [-0.2, -0.15) is 0 Å². The van der Waals surface area contributed by atoms with Crippen molar-refractivity contribution in [3.8, 4) is 11.3 Å². The van der Waals surface area contributed by atoms with Crippen molar-refractivity contribution in [2.24, 2.45) is 0 Å². The van der Waals surface area contributed by atoms with E-state index < -0.39 is 0 Å². The first kappa shape index (κ1) is 14.0. The van der Waals surface area contributed by atoms with E-state index in [1.807, 2.05) is 56.3 Å². The molecule has 0 aliphatic heterocycles. The van der Waals surface area contributed by atoms with Gasteiger partial charge in [0.15, 0.2) is 5.69 Å². The topological polar surface area (TPSA) is 70.7 Å². The van der Waals surface area contributed by atoms with Crippen LogP contribution in [0.1, 0.15) is 11.1 Å². The average molecular weight is 292 g/mol. The van der Waals surface area contributed by atoms with Crippen LogP contribution in [0, 0.1) is 13.8 Å². The summed E-state index contributed by atoms with van der Waals surface area (Å²) in [6.07, 6.45) is 0. The van der Waals surface area contributed by atoms with Crippen molar-refractivity contribution < 1.29 is 0 Å². The number of hydrogen-bond donors (Lipinski definition) is 2. The van der Waals surface area contributed by atoms with E-state index in [1.165, 1.54) is 0 Å². The van der Waals surface area contributed by atoms with E-state index in [9.17, 15) is 4.79 Å². The normalized spacial score (nSPS) is 10.5. The Hall–Kier alpha value is -2.95. The molecule has 0 atom stereocenters. The SMILES string of the molecule is Cc1cc(C)cc(Nc2nnc(-c3ccccc3)c(=O)[nH]2)c1.